The molecule has 0 bridgehead atoms. The van der Waals surface area contributed by atoms with Crippen molar-refractivity contribution in [2.45, 2.75) is 6.92 Å². The van der Waals surface area contributed by atoms with Crippen LogP contribution in [0.15, 0.2) is 47.4 Å². The molecule has 3 amide bonds. The molecule has 8 nitrogen and oxygen atoms in total. The second-order valence-electron chi connectivity index (χ2n) is 6.63. The molecule has 1 N–H and O–H groups in total. The van der Waals surface area contributed by atoms with E-state index in [1.165, 1.54) is 0 Å². The normalized spacial score (nSPS) is 16.2. The number of hydrogen-bond acceptors (Lipinski definition) is 7. The Hall–Kier alpha value is -3.46. The number of nitrogens with one attached hydrogen (secondary N) is 1. The average molecular weight is 440 g/mol. The maximum absolute atomic E-state index is 12.7. The van der Waals surface area contributed by atoms with Gasteiger partial charge in [0, 0.05) is 13.1 Å². The summed E-state index contributed by atoms with van der Waals surface area (Å²) in [6.45, 7) is 2.65. The first-order valence-corrected chi connectivity index (χ1v) is 10.5. The lowest BCUT2D eigenvalue weighted by Crippen LogP contribution is -2.37. The molecule has 1 fully saturated rings. The lowest BCUT2D eigenvalue weighted by Gasteiger charge is -2.14. The van der Waals surface area contributed by atoms with Gasteiger partial charge in [-0.2, -0.15) is 0 Å². The highest BCUT2D eigenvalue weighted by atomic mass is 32.2. The third-order valence-electron chi connectivity index (χ3n) is 4.62. The van der Waals surface area contributed by atoms with Gasteiger partial charge in [-0.3, -0.25) is 19.3 Å². The van der Waals surface area contributed by atoms with E-state index < -0.39 is 5.91 Å². The van der Waals surface area contributed by atoms with Crippen LogP contribution in [0.3, 0.4) is 0 Å². The van der Waals surface area contributed by atoms with Crippen molar-refractivity contribution in [1.82, 2.24) is 10.2 Å². The van der Waals surface area contributed by atoms with Crippen molar-refractivity contribution >= 4 is 34.9 Å². The molecular weight excluding hydrogens is 420 g/mol. The van der Waals surface area contributed by atoms with Gasteiger partial charge in [-0.15, -0.1) is 0 Å². The summed E-state index contributed by atoms with van der Waals surface area (Å²) >= 11 is 0.868. The third-order valence-corrected chi connectivity index (χ3v) is 5.53. The van der Waals surface area contributed by atoms with Crippen LogP contribution in [0.4, 0.5) is 4.79 Å². The van der Waals surface area contributed by atoms with Gasteiger partial charge >= 0.3 is 0 Å². The zero-order valence-electron chi connectivity index (χ0n) is 16.8. The van der Waals surface area contributed by atoms with Crippen LogP contribution in [0.1, 0.15) is 22.8 Å². The van der Waals surface area contributed by atoms with Crippen molar-refractivity contribution in [3.8, 4) is 17.2 Å². The monoisotopic (exact) mass is 440 g/mol. The van der Waals surface area contributed by atoms with Crippen molar-refractivity contribution < 1.29 is 28.6 Å². The first-order chi connectivity index (χ1) is 15.1. The summed E-state index contributed by atoms with van der Waals surface area (Å²) in [5.74, 6) is 1.01. The highest BCUT2D eigenvalue weighted by Crippen LogP contribution is 2.36. The summed E-state index contributed by atoms with van der Waals surface area (Å²) in [6.07, 6.45) is 1.64. The summed E-state index contributed by atoms with van der Waals surface area (Å²) in [5.41, 5.74) is 1.14. The topological polar surface area (TPSA) is 94.2 Å². The number of thioether (sulfide) groups is 1. The number of carbonyl (C=O) groups excluding carboxylic acids is 3. The van der Waals surface area contributed by atoms with Gasteiger partial charge in [-0.05, 0) is 54.6 Å². The predicted octanol–water partition coefficient (Wildman–Crippen LogP) is 3.28. The largest absolute Gasteiger partial charge is 0.493 e. The molecule has 2 aromatic rings. The molecular formula is C22H20N2O6S. The molecule has 0 aromatic heterocycles. The first kappa shape index (κ1) is 20.8. The van der Waals surface area contributed by atoms with Crippen LogP contribution >= 0.6 is 11.8 Å². The molecule has 0 aliphatic carbocycles. The summed E-state index contributed by atoms with van der Waals surface area (Å²) in [5, 5.41) is 2.36. The number of nitrogens with zero attached hydrogens (tertiary/aromatic N) is 1. The quantitative estimate of drug-likeness (QED) is 0.661. The van der Waals surface area contributed by atoms with Crippen LogP contribution in [-0.4, -0.2) is 48.4 Å². The number of benzene rings is 2. The highest BCUT2D eigenvalue weighted by molar-refractivity contribution is 8.18. The fourth-order valence-corrected chi connectivity index (χ4v) is 4.02. The van der Waals surface area contributed by atoms with Crippen LogP contribution in [0.2, 0.25) is 0 Å². The highest BCUT2D eigenvalue weighted by Gasteiger charge is 2.34. The Morgan fingerprint density at radius 3 is 2.84 bits per heavy atom. The molecule has 0 spiro atoms. The minimum atomic E-state index is -0.392. The number of imide groups is 1. The summed E-state index contributed by atoms with van der Waals surface area (Å²) < 4.78 is 16.1. The van der Waals surface area contributed by atoms with Crippen LogP contribution in [0.5, 0.6) is 17.2 Å². The van der Waals surface area contributed by atoms with E-state index >= 15 is 0 Å². The maximum atomic E-state index is 12.7. The second-order valence-corrected chi connectivity index (χ2v) is 7.62. The first-order valence-electron chi connectivity index (χ1n) is 9.72. The zero-order valence-corrected chi connectivity index (χ0v) is 17.6. The number of para-hydroxylation sites is 1. The van der Waals surface area contributed by atoms with Crippen LogP contribution in [0.25, 0.3) is 6.08 Å². The molecule has 2 heterocycles. The Kier molecular flexibility index (Phi) is 6.13. The Morgan fingerprint density at radius 1 is 1.19 bits per heavy atom. The zero-order chi connectivity index (χ0) is 21.8. The molecule has 4 rings (SSSR count). The van der Waals surface area contributed by atoms with Crippen LogP contribution < -0.4 is 19.5 Å². The summed E-state index contributed by atoms with van der Waals surface area (Å²) in [7, 11) is 0. The Morgan fingerprint density at radius 2 is 2.00 bits per heavy atom. The van der Waals surface area contributed by atoms with Gasteiger partial charge in [-0.25, -0.2) is 0 Å². The van der Waals surface area contributed by atoms with Gasteiger partial charge in [0.2, 0.25) is 6.79 Å². The number of hydrogen-bond donors (Lipinski definition) is 1. The average Bonchev–Trinajstić information content (AvgIpc) is 3.33. The van der Waals surface area contributed by atoms with E-state index in [0.29, 0.717) is 34.3 Å². The van der Waals surface area contributed by atoms with Crippen molar-refractivity contribution in [3.05, 3.63) is 58.5 Å². The molecule has 2 aliphatic heterocycles. The minimum absolute atomic E-state index is 0.0751. The SMILES string of the molecule is CCOc1ccccc1C(=O)NCCN1C(=O)S/C(=C\c2ccc3c(c2)OCO3)C1=O. The number of amides is 3. The number of fused-ring (bicyclic) bond motifs is 1. The van der Waals surface area contributed by atoms with Gasteiger partial charge in [0.05, 0.1) is 17.1 Å². The molecule has 1 saturated heterocycles. The fourth-order valence-electron chi connectivity index (χ4n) is 3.16. The molecule has 0 radical (unpaired) electrons. The van der Waals surface area contributed by atoms with Gasteiger partial charge in [0.1, 0.15) is 5.75 Å². The van der Waals surface area contributed by atoms with Crippen LogP contribution in [-0.2, 0) is 4.79 Å². The van der Waals surface area contributed by atoms with Crippen molar-refractivity contribution in [2.24, 2.45) is 0 Å². The lowest BCUT2D eigenvalue weighted by molar-refractivity contribution is -0.122. The van der Waals surface area contributed by atoms with E-state index in [0.717, 1.165) is 22.2 Å². The molecule has 0 atom stereocenters. The molecule has 160 valence electrons. The standard InChI is InChI=1S/C22H20N2O6S/c1-2-28-16-6-4-3-5-15(16)20(25)23-9-10-24-21(26)19(31-22(24)27)12-14-7-8-17-18(11-14)30-13-29-17/h3-8,11-12H,2,9-10,13H2,1H3,(H,23,25)/b19-12-. The van der Waals surface area contributed by atoms with E-state index in [2.05, 4.69) is 5.32 Å². The molecule has 0 saturated carbocycles. The van der Waals surface area contributed by atoms with Crippen molar-refractivity contribution in [1.29, 1.82) is 0 Å². The molecule has 9 heteroatoms. The molecule has 2 aromatic carbocycles. The van der Waals surface area contributed by atoms with Gasteiger partial charge in [0.15, 0.2) is 11.5 Å². The van der Waals surface area contributed by atoms with E-state index in [1.807, 2.05) is 6.92 Å². The molecule has 0 unspecified atom stereocenters. The van der Waals surface area contributed by atoms with E-state index in [4.69, 9.17) is 14.2 Å². The summed E-state index contributed by atoms with van der Waals surface area (Å²) in [6, 6.07) is 12.2. The third kappa shape index (κ3) is 4.51. The fraction of sp³-hybridized carbons (Fsp3) is 0.227. The van der Waals surface area contributed by atoms with E-state index in [1.54, 1.807) is 48.5 Å². The Balaban J connectivity index is 1.37. The number of carbonyl (C=O) groups is 3. The molecule has 2 aliphatic rings. The van der Waals surface area contributed by atoms with Gasteiger partial charge < -0.3 is 19.5 Å². The maximum Gasteiger partial charge on any atom is 0.293 e. The van der Waals surface area contributed by atoms with Gasteiger partial charge in [0.25, 0.3) is 17.1 Å². The lowest BCUT2D eigenvalue weighted by atomic mass is 10.2. The van der Waals surface area contributed by atoms with E-state index in [-0.39, 0.29) is 31.0 Å². The van der Waals surface area contributed by atoms with E-state index in [9.17, 15) is 14.4 Å². The van der Waals surface area contributed by atoms with Crippen molar-refractivity contribution in [2.75, 3.05) is 26.5 Å². The Bertz CT molecular complexity index is 1070. The second kappa shape index (κ2) is 9.13. The number of rotatable bonds is 7. The molecule has 31 heavy (non-hydrogen) atoms. The summed E-state index contributed by atoms with van der Waals surface area (Å²) in [4.78, 5) is 38.9. The van der Waals surface area contributed by atoms with Crippen molar-refractivity contribution in [3.63, 3.8) is 0 Å². The minimum Gasteiger partial charge on any atom is -0.493 e. The Labute approximate surface area is 183 Å². The van der Waals surface area contributed by atoms with Gasteiger partial charge in [-0.1, -0.05) is 18.2 Å². The van der Waals surface area contributed by atoms with Crippen LogP contribution in [0, 0.1) is 0 Å². The predicted molar refractivity (Wildman–Crippen MR) is 115 cm³/mol. The smallest absolute Gasteiger partial charge is 0.293 e. The number of ether oxygens (including phenoxy) is 3.